The van der Waals surface area contributed by atoms with Gasteiger partial charge in [-0.05, 0) is 53.1 Å². The molecule has 8 heteroatoms. The summed E-state index contributed by atoms with van der Waals surface area (Å²) in [4.78, 5) is 0.134. The number of rotatable bonds is 12. The van der Waals surface area contributed by atoms with Gasteiger partial charge in [-0.1, -0.05) is 95.8 Å². The number of fused-ring (bicyclic) bond motifs is 1. The molecule has 0 unspecified atom stereocenters. The quantitative estimate of drug-likeness (QED) is 0.146. The molecule has 0 spiro atoms. The Morgan fingerprint density at radius 3 is 2.27 bits per heavy atom. The number of halogens is 1. The average Bonchev–Trinajstić information content (AvgIpc) is 3.01. The van der Waals surface area contributed by atoms with Gasteiger partial charge in [-0.15, -0.1) is 0 Å². The number of unbranched alkanes of at least 4 members (excludes halogenated alkanes) is 2. The summed E-state index contributed by atoms with van der Waals surface area (Å²) in [7, 11) is -3.72. The van der Waals surface area contributed by atoms with Crippen molar-refractivity contribution in [1.82, 2.24) is 4.31 Å². The van der Waals surface area contributed by atoms with Crippen LogP contribution in [-0.2, 0) is 15.4 Å². The molecule has 4 aromatic carbocycles. The fraction of sp³-hybridized carbons (Fsp3) is 0.333. The lowest BCUT2D eigenvalue weighted by Gasteiger charge is -2.27. The standard InChI is InChI=1S/C36H38ClN3O3S/c1-6-9-12-18-36(4,5)27-20-25-19-26(23-38)31(24-39)35(30-16-10-11-17-32(30)37)34(25)33(21-27)43-28-14-13-15-29(22-28)44(41,42)40(7-2)8-3/h10-11,13-17,19-22H,6-9,12,18H2,1-5H3. The third-order valence-corrected chi connectivity index (χ3v) is 10.5. The summed E-state index contributed by atoms with van der Waals surface area (Å²) >= 11 is 6.69. The second-order valence-electron chi connectivity index (χ2n) is 11.5. The second-order valence-corrected chi connectivity index (χ2v) is 13.8. The Bertz CT molecular complexity index is 1870. The zero-order valence-corrected chi connectivity index (χ0v) is 27.5. The molecule has 0 aliphatic rings. The largest absolute Gasteiger partial charge is 0.457 e. The predicted molar refractivity (Wildman–Crippen MR) is 178 cm³/mol. The third-order valence-electron chi connectivity index (χ3n) is 8.14. The van der Waals surface area contributed by atoms with Crippen molar-refractivity contribution in [3.05, 3.63) is 88.4 Å². The van der Waals surface area contributed by atoms with Crippen LogP contribution in [0.2, 0.25) is 5.02 Å². The number of nitrogens with zero attached hydrogens (tertiary/aromatic N) is 3. The summed E-state index contributed by atoms with van der Waals surface area (Å²) < 4.78 is 34.7. The van der Waals surface area contributed by atoms with E-state index in [1.807, 2.05) is 24.3 Å². The van der Waals surface area contributed by atoms with Gasteiger partial charge in [0.25, 0.3) is 0 Å². The van der Waals surface area contributed by atoms with Crippen LogP contribution in [0.15, 0.2) is 71.6 Å². The minimum Gasteiger partial charge on any atom is -0.457 e. The maximum atomic E-state index is 13.3. The van der Waals surface area contributed by atoms with Crippen LogP contribution in [0.4, 0.5) is 0 Å². The molecule has 0 aliphatic heterocycles. The molecule has 0 saturated carbocycles. The van der Waals surface area contributed by atoms with E-state index in [0.29, 0.717) is 46.1 Å². The lowest BCUT2D eigenvalue weighted by atomic mass is 9.78. The van der Waals surface area contributed by atoms with Crippen molar-refractivity contribution in [2.75, 3.05) is 13.1 Å². The molecule has 0 N–H and O–H groups in total. The van der Waals surface area contributed by atoms with Gasteiger partial charge in [0.2, 0.25) is 10.0 Å². The normalized spacial score (nSPS) is 11.8. The van der Waals surface area contributed by atoms with Crippen LogP contribution in [0, 0.1) is 22.7 Å². The van der Waals surface area contributed by atoms with E-state index in [9.17, 15) is 18.9 Å². The van der Waals surface area contributed by atoms with Crippen LogP contribution in [-0.4, -0.2) is 25.8 Å². The fourth-order valence-corrected chi connectivity index (χ4v) is 7.34. The highest BCUT2D eigenvalue weighted by Crippen LogP contribution is 2.46. The van der Waals surface area contributed by atoms with Gasteiger partial charge in [0.15, 0.2) is 0 Å². The summed E-state index contributed by atoms with van der Waals surface area (Å²) in [6.45, 7) is 10.9. The van der Waals surface area contributed by atoms with Gasteiger partial charge in [-0.2, -0.15) is 14.8 Å². The maximum Gasteiger partial charge on any atom is 0.243 e. The van der Waals surface area contributed by atoms with Gasteiger partial charge >= 0.3 is 0 Å². The summed E-state index contributed by atoms with van der Waals surface area (Å²) in [6.07, 6.45) is 4.24. The van der Waals surface area contributed by atoms with E-state index in [4.69, 9.17) is 16.3 Å². The van der Waals surface area contributed by atoms with E-state index in [1.165, 1.54) is 10.4 Å². The van der Waals surface area contributed by atoms with Gasteiger partial charge in [-0.3, -0.25) is 0 Å². The van der Waals surface area contributed by atoms with Crippen LogP contribution in [0.3, 0.4) is 0 Å². The number of benzene rings is 4. The van der Waals surface area contributed by atoms with E-state index in [2.05, 4.69) is 39.0 Å². The Labute approximate surface area is 266 Å². The molecule has 0 radical (unpaired) electrons. The van der Waals surface area contributed by atoms with Crippen LogP contribution in [0.25, 0.3) is 21.9 Å². The van der Waals surface area contributed by atoms with Crippen LogP contribution in [0.1, 0.15) is 77.0 Å². The molecule has 0 amide bonds. The van der Waals surface area contributed by atoms with Crippen LogP contribution < -0.4 is 4.74 Å². The Balaban J connectivity index is 2.05. The Morgan fingerprint density at radius 1 is 0.909 bits per heavy atom. The highest BCUT2D eigenvalue weighted by molar-refractivity contribution is 7.89. The third kappa shape index (κ3) is 6.61. The number of hydrogen-bond acceptors (Lipinski definition) is 5. The molecule has 0 saturated heterocycles. The molecular weight excluding hydrogens is 590 g/mol. The fourth-order valence-electron chi connectivity index (χ4n) is 5.61. The zero-order valence-electron chi connectivity index (χ0n) is 25.9. The van der Waals surface area contributed by atoms with Crippen molar-refractivity contribution in [2.45, 2.75) is 70.6 Å². The molecule has 0 aromatic heterocycles. The Hall–Kier alpha value is -3.88. The van der Waals surface area contributed by atoms with E-state index in [-0.39, 0.29) is 21.4 Å². The summed E-state index contributed by atoms with van der Waals surface area (Å²) in [5.41, 5.74) is 2.34. The minimum atomic E-state index is -3.72. The van der Waals surface area contributed by atoms with Gasteiger partial charge in [0.1, 0.15) is 23.6 Å². The Morgan fingerprint density at radius 2 is 1.64 bits per heavy atom. The van der Waals surface area contributed by atoms with Crippen molar-refractivity contribution in [3.8, 4) is 34.8 Å². The summed E-state index contributed by atoms with van der Waals surface area (Å²) in [5, 5.41) is 22.2. The van der Waals surface area contributed by atoms with Crippen molar-refractivity contribution >= 4 is 32.4 Å². The number of sulfonamides is 1. The van der Waals surface area contributed by atoms with Crippen LogP contribution in [0.5, 0.6) is 11.5 Å². The predicted octanol–water partition coefficient (Wildman–Crippen LogP) is 9.58. The number of nitriles is 2. The van der Waals surface area contributed by atoms with Gasteiger partial charge < -0.3 is 4.74 Å². The minimum absolute atomic E-state index is 0.134. The van der Waals surface area contributed by atoms with Crippen molar-refractivity contribution in [1.29, 1.82) is 10.5 Å². The van der Waals surface area contributed by atoms with Gasteiger partial charge in [-0.25, -0.2) is 8.42 Å². The molecular formula is C36H38ClN3O3S. The van der Waals surface area contributed by atoms with E-state index in [0.717, 1.165) is 36.6 Å². The first kappa shape index (κ1) is 33.0. The second kappa shape index (κ2) is 13.8. The molecule has 0 heterocycles. The molecule has 44 heavy (non-hydrogen) atoms. The van der Waals surface area contributed by atoms with E-state index in [1.54, 1.807) is 44.2 Å². The highest BCUT2D eigenvalue weighted by atomic mass is 35.5. The average molecular weight is 628 g/mol. The SMILES string of the molecule is CCCCCC(C)(C)c1cc(Oc2cccc(S(=O)(=O)N(CC)CC)c2)c2c(-c3ccccc3Cl)c(C#N)c(C#N)cc2c1. The van der Waals surface area contributed by atoms with Crippen molar-refractivity contribution < 1.29 is 13.2 Å². The maximum absolute atomic E-state index is 13.3. The number of ether oxygens (including phenoxy) is 1. The summed E-state index contributed by atoms with van der Waals surface area (Å²) in [5.74, 6) is 0.794. The van der Waals surface area contributed by atoms with E-state index < -0.39 is 10.0 Å². The van der Waals surface area contributed by atoms with Gasteiger partial charge in [0.05, 0.1) is 16.0 Å². The molecule has 0 atom stereocenters. The highest BCUT2D eigenvalue weighted by Gasteiger charge is 2.27. The Kier molecular flexibility index (Phi) is 10.4. The molecule has 4 rings (SSSR count). The topological polar surface area (TPSA) is 94.2 Å². The first-order chi connectivity index (χ1) is 21.0. The molecule has 0 bridgehead atoms. The first-order valence-electron chi connectivity index (χ1n) is 15.0. The monoisotopic (exact) mass is 627 g/mol. The molecule has 0 fully saturated rings. The lowest BCUT2D eigenvalue weighted by molar-refractivity contribution is 0.441. The molecule has 0 aliphatic carbocycles. The zero-order chi connectivity index (χ0) is 32.1. The lowest BCUT2D eigenvalue weighted by Crippen LogP contribution is -2.30. The smallest absolute Gasteiger partial charge is 0.243 e. The summed E-state index contributed by atoms with van der Waals surface area (Å²) in [6, 6.07) is 23.9. The number of hydrogen-bond donors (Lipinski definition) is 0. The molecule has 228 valence electrons. The van der Waals surface area contributed by atoms with Crippen LogP contribution >= 0.6 is 11.6 Å². The first-order valence-corrected chi connectivity index (χ1v) is 16.8. The van der Waals surface area contributed by atoms with E-state index >= 15 is 0 Å². The van der Waals surface area contributed by atoms with Gasteiger partial charge in [0, 0.05) is 40.7 Å². The molecule has 4 aromatic rings. The van der Waals surface area contributed by atoms with Crippen molar-refractivity contribution in [2.24, 2.45) is 0 Å². The molecule has 6 nitrogen and oxygen atoms in total. The van der Waals surface area contributed by atoms with Crippen molar-refractivity contribution in [3.63, 3.8) is 0 Å².